The van der Waals surface area contributed by atoms with Crippen LogP contribution in [0.4, 0.5) is 5.82 Å². The van der Waals surface area contributed by atoms with Gasteiger partial charge in [0.2, 0.25) is 0 Å². The first kappa shape index (κ1) is 9.46. The van der Waals surface area contributed by atoms with Gasteiger partial charge in [-0.3, -0.25) is 0 Å². The maximum atomic E-state index is 4.48. The molecule has 0 radical (unpaired) electrons. The van der Waals surface area contributed by atoms with E-state index in [-0.39, 0.29) is 0 Å². The molecule has 1 heterocycles. The average molecular weight is 251 g/mol. The Morgan fingerprint density at radius 3 is 2.86 bits per heavy atom. The highest BCUT2D eigenvalue weighted by atomic mass is 79.9. The fourth-order valence-corrected chi connectivity index (χ4v) is 1.72. The molecule has 0 saturated heterocycles. The van der Waals surface area contributed by atoms with Gasteiger partial charge in [0.15, 0.2) is 0 Å². The van der Waals surface area contributed by atoms with Gasteiger partial charge in [0.05, 0.1) is 5.52 Å². The number of pyridine rings is 1. The number of anilines is 1. The van der Waals surface area contributed by atoms with Crippen molar-refractivity contribution >= 4 is 32.7 Å². The van der Waals surface area contributed by atoms with E-state index in [1.165, 1.54) is 0 Å². The van der Waals surface area contributed by atoms with E-state index in [2.05, 4.69) is 45.3 Å². The van der Waals surface area contributed by atoms with Crippen LogP contribution in [-0.4, -0.2) is 11.5 Å². The van der Waals surface area contributed by atoms with Gasteiger partial charge >= 0.3 is 0 Å². The minimum Gasteiger partial charge on any atom is -0.370 e. The minimum atomic E-state index is 0.895. The van der Waals surface area contributed by atoms with Crippen LogP contribution in [0, 0.1) is 0 Å². The van der Waals surface area contributed by atoms with Crippen LogP contribution in [0.25, 0.3) is 10.9 Å². The van der Waals surface area contributed by atoms with Crippen molar-refractivity contribution in [3.63, 3.8) is 0 Å². The van der Waals surface area contributed by atoms with Crippen molar-refractivity contribution in [2.24, 2.45) is 0 Å². The Morgan fingerprint density at radius 2 is 2.07 bits per heavy atom. The van der Waals surface area contributed by atoms with Gasteiger partial charge in [-0.05, 0) is 31.2 Å². The fourth-order valence-electron chi connectivity index (χ4n) is 1.37. The number of nitrogens with zero attached hydrogens (tertiary/aromatic N) is 1. The number of benzene rings is 1. The molecule has 0 aliphatic heterocycles. The lowest BCUT2D eigenvalue weighted by atomic mass is 10.2. The number of halogens is 1. The van der Waals surface area contributed by atoms with E-state index in [4.69, 9.17) is 0 Å². The second-order valence-corrected chi connectivity index (χ2v) is 3.98. The lowest BCUT2D eigenvalue weighted by Gasteiger charge is -2.03. The molecule has 0 aliphatic rings. The molecule has 14 heavy (non-hydrogen) atoms. The average Bonchev–Trinajstić information content (AvgIpc) is 2.17. The Balaban J connectivity index is 2.52. The van der Waals surface area contributed by atoms with E-state index < -0.39 is 0 Å². The smallest absolute Gasteiger partial charge is 0.126 e. The van der Waals surface area contributed by atoms with E-state index in [0.29, 0.717) is 0 Å². The number of aromatic nitrogens is 1. The lowest BCUT2D eigenvalue weighted by Crippen LogP contribution is -1.98. The first-order valence-corrected chi connectivity index (χ1v) is 5.39. The van der Waals surface area contributed by atoms with Crippen molar-refractivity contribution in [1.29, 1.82) is 0 Å². The van der Waals surface area contributed by atoms with Gasteiger partial charge in [-0.25, -0.2) is 4.98 Å². The molecule has 0 unspecified atom stereocenters. The predicted octanol–water partition coefficient (Wildman–Crippen LogP) is 3.43. The summed E-state index contributed by atoms with van der Waals surface area (Å²) in [4.78, 5) is 4.48. The minimum absolute atomic E-state index is 0.895. The maximum Gasteiger partial charge on any atom is 0.126 e. The molecule has 2 nitrogen and oxygen atoms in total. The summed E-state index contributed by atoms with van der Waals surface area (Å²) in [6.07, 6.45) is 0. The van der Waals surface area contributed by atoms with Crippen LogP contribution in [0.5, 0.6) is 0 Å². The molecule has 1 aromatic heterocycles. The topological polar surface area (TPSA) is 24.9 Å². The second-order valence-electron chi connectivity index (χ2n) is 3.06. The predicted molar refractivity (Wildman–Crippen MR) is 63.6 cm³/mol. The van der Waals surface area contributed by atoms with Crippen molar-refractivity contribution in [3.8, 4) is 0 Å². The summed E-state index contributed by atoms with van der Waals surface area (Å²) in [5.74, 6) is 0.929. The van der Waals surface area contributed by atoms with E-state index in [9.17, 15) is 0 Å². The highest BCUT2D eigenvalue weighted by molar-refractivity contribution is 9.10. The molecule has 72 valence electrons. The van der Waals surface area contributed by atoms with E-state index in [1.54, 1.807) is 0 Å². The van der Waals surface area contributed by atoms with Gasteiger partial charge in [0.1, 0.15) is 5.82 Å². The van der Waals surface area contributed by atoms with Gasteiger partial charge in [0.25, 0.3) is 0 Å². The normalized spacial score (nSPS) is 10.4. The molecule has 0 saturated carbocycles. The zero-order valence-electron chi connectivity index (χ0n) is 7.92. The quantitative estimate of drug-likeness (QED) is 0.884. The third kappa shape index (κ3) is 1.87. The molecule has 0 atom stereocenters. The van der Waals surface area contributed by atoms with Crippen molar-refractivity contribution in [1.82, 2.24) is 4.98 Å². The molecule has 0 spiro atoms. The first-order chi connectivity index (χ1) is 6.79. The maximum absolute atomic E-state index is 4.48. The van der Waals surface area contributed by atoms with Crippen LogP contribution in [0.1, 0.15) is 6.92 Å². The fraction of sp³-hybridized carbons (Fsp3) is 0.182. The van der Waals surface area contributed by atoms with Crippen molar-refractivity contribution in [2.45, 2.75) is 6.92 Å². The summed E-state index contributed by atoms with van der Waals surface area (Å²) < 4.78 is 1.06. The summed E-state index contributed by atoms with van der Waals surface area (Å²) in [6.45, 7) is 2.96. The zero-order valence-corrected chi connectivity index (χ0v) is 9.51. The number of hydrogen-bond donors (Lipinski definition) is 1. The van der Waals surface area contributed by atoms with Gasteiger partial charge in [-0.1, -0.05) is 22.0 Å². The molecule has 2 aromatic rings. The molecule has 0 fully saturated rings. The summed E-state index contributed by atoms with van der Waals surface area (Å²) >= 11 is 3.44. The Morgan fingerprint density at radius 1 is 1.29 bits per heavy atom. The third-order valence-corrected chi connectivity index (χ3v) is 2.51. The summed E-state index contributed by atoms with van der Waals surface area (Å²) in [7, 11) is 0. The lowest BCUT2D eigenvalue weighted by molar-refractivity contribution is 1.17. The Kier molecular flexibility index (Phi) is 2.68. The standard InChI is InChI=1S/C11H11BrN2/c1-2-13-11-6-4-8-3-5-9(12)7-10(8)14-11/h3-7H,2H2,1H3,(H,13,14). The molecule has 3 heteroatoms. The van der Waals surface area contributed by atoms with E-state index in [1.807, 2.05) is 18.2 Å². The molecule has 0 aliphatic carbocycles. The molecule has 0 amide bonds. The largest absolute Gasteiger partial charge is 0.370 e. The molecule has 1 N–H and O–H groups in total. The van der Waals surface area contributed by atoms with Crippen LogP contribution in [0.15, 0.2) is 34.8 Å². The van der Waals surface area contributed by atoms with Gasteiger partial charge in [-0.15, -0.1) is 0 Å². The van der Waals surface area contributed by atoms with Crippen LogP contribution < -0.4 is 5.32 Å². The van der Waals surface area contributed by atoms with Gasteiger partial charge < -0.3 is 5.32 Å². The highest BCUT2D eigenvalue weighted by Gasteiger charge is 1.97. The zero-order chi connectivity index (χ0) is 9.97. The van der Waals surface area contributed by atoms with Crippen LogP contribution in [0.3, 0.4) is 0 Å². The number of hydrogen-bond acceptors (Lipinski definition) is 2. The first-order valence-electron chi connectivity index (χ1n) is 4.60. The molecule has 0 bridgehead atoms. The molecule has 2 rings (SSSR count). The summed E-state index contributed by atoms with van der Waals surface area (Å²) in [6, 6.07) is 10.2. The Hall–Kier alpha value is -1.09. The monoisotopic (exact) mass is 250 g/mol. The third-order valence-electron chi connectivity index (χ3n) is 2.01. The van der Waals surface area contributed by atoms with Crippen molar-refractivity contribution in [3.05, 3.63) is 34.8 Å². The van der Waals surface area contributed by atoms with Crippen LogP contribution in [0.2, 0.25) is 0 Å². The number of rotatable bonds is 2. The van der Waals surface area contributed by atoms with E-state index in [0.717, 1.165) is 27.7 Å². The highest BCUT2D eigenvalue weighted by Crippen LogP contribution is 2.19. The Labute approximate surface area is 91.5 Å². The van der Waals surface area contributed by atoms with E-state index >= 15 is 0 Å². The van der Waals surface area contributed by atoms with Crippen LogP contribution >= 0.6 is 15.9 Å². The SMILES string of the molecule is CCNc1ccc2ccc(Br)cc2n1. The molecular weight excluding hydrogens is 240 g/mol. The summed E-state index contributed by atoms with van der Waals surface area (Å²) in [5, 5.41) is 4.35. The Bertz CT molecular complexity index is 454. The van der Waals surface area contributed by atoms with Gasteiger partial charge in [-0.2, -0.15) is 0 Å². The van der Waals surface area contributed by atoms with Crippen LogP contribution in [-0.2, 0) is 0 Å². The molecular formula is C11H11BrN2. The molecule has 1 aromatic carbocycles. The summed E-state index contributed by atoms with van der Waals surface area (Å²) in [5.41, 5.74) is 1.01. The van der Waals surface area contributed by atoms with Crippen molar-refractivity contribution < 1.29 is 0 Å². The van der Waals surface area contributed by atoms with Gasteiger partial charge in [0, 0.05) is 16.4 Å². The number of nitrogens with one attached hydrogen (secondary N) is 1. The second kappa shape index (κ2) is 3.96. The number of fused-ring (bicyclic) bond motifs is 1. The van der Waals surface area contributed by atoms with Crippen molar-refractivity contribution in [2.75, 3.05) is 11.9 Å².